The summed E-state index contributed by atoms with van der Waals surface area (Å²) in [5.74, 6) is 0.583. The Bertz CT molecular complexity index is 2080. The lowest BCUT2D eigenvalue weighted by Crippen LogP contribution is -2.35. The molecular formula is C37H38Cl2N6O4. The molecule has 1 aliphatic heterocycles. The van der Waals surface area contributed by atoms with Crippen molar-refractivity contribution in [1.29, 1.82) is 0 Å². The van der Waals surface area contributed by atoms with Crippen molar-refractivity contribution in [3.8, 4) is 39.4 Å². The summed E-state index contributed by atoms with van der Waals surface area (Å²) in [6.07, 6.45) is 2.45. The minimum atomic E-state index is -0.516. The zero-order chi connectivity index (χ0) is 34.7. The highest BCUT2D eigenvalue weighted by Crippen LogP contribution is 2.42. The van der Waals surface area contributed by atoms with E-state index in [1.165, 1.54) is 0 Å². The van der Waals surface area contributed by atoms with Crippen LogP contribution in [-0.4, -0.2) is 57.7 Å². The van der Waals surface area contributed by atoms with E-state index in [0.717, 1.165) is 39.8 Å². The Labute approximate surface area is 294 Å². The van der Waals surface area contributed by atoms with Gasteiger partial charge in [-0.2, -0.15) is 0 Å². The lowest BCUT2D eigenvalue weighted by Gasteiger charge is -2.16. The molecule has 12 heteroatoms. The van der Waals surface area contributed by atoms with E-state index in [1.54, 1.807) is 24.6 Å². The number of carbonyl (C=O) groups is 1. The Morgan fingerprint density at radius 3 is 2.37 bits per heavy atom. The van der Waals surface area contributed by atoms with Crippen molar-refractivity contribution < 1.29 is 14.6 Å². The molecule has 1 aliphatic rings. The van der Waals surface area contributed by atoms with Crippen LogP contribution in [0.5, 0.6) is 5.88 Å². The zero-order valence-corrected chi connectivity index (χ0v) is 29.0. The van der Waals surface area contributed by atoms with Crippen molar-refractivity contribution >= 4 is 34.8 Å². The number of aryl methyl sites for hydroxylation is 1. The van der Waals surface area contributed by atoms with E-state index in [0.29, 0.717) is 71.1 Å². The number of hydrogen-bond acceptors (Lipinski definition) is 8. The van der Waals surface area contributed by atoms with Gasteiger partial charge in [0.05, 0.1) is 34.5 Å². The molecule has 6 rings (SSSR count). The number of aromatic nitrogens is 3. The minimum Gasteiger partial charge on any atom is -0.481 e. The molecule has 3 aromatic heterocycles. The third-order valence-electron chi connectivity index (χ3n) is 8.61. The van der Waals surface area contributed by atoms with Crippen molar-refractivity contribution in [2.24, 2.45) is 0 Å². The molecule has 5 aromatic rings. The van der Waals surface area contributed by atoms with Crippen LogP contribution in [-0.2, 0) is 17.9 Å². The van der Waals surface area contributed by atoms with Gasteiger partial charge in [0.25, 0.3) is 5.56 Å². The Hall–Kier alpha value is -4.32. The van der Waals surface area contributed by atoms with Gasteiger partial charge in [-0.1, -0.05) is 65.7 Å². The molecule has 0 radical (unpaired) electrons. The Morgan fingerprint density at radius 2 is 1.67 bits per heavy atom. The Balaban J connectivity index is 1.28. The number of pyridine rings is 2. The second-order valence-electron chi connectivity index (χ2n) is 12.3. The molecule has 2 aromatic carbocycles. The zero-order valence-electron chi connectivity index (χ0n) is 27.5. The quantitative estimate of drug-likeness (QED) is 0.133. The summed E-state index contributed by atoms with van der Waals surface area (Å²) in [6, 6.07) is 19.3. The summed E-state index contributed by atoms with van der Waals surface area (Å²) in [5, 5.41) is 20.0. The van der Waals surface area contributed by atoms with Crippen LogP contribution in [0.2, 0.25) is 10.0 Å². The predicted molar refractivity (Wildman–Crippen MR) is 193 cm³/mol. The summed E-state index contributed by atoms with van der Waals surface area (Å²) in [4.78, 5) is 34.1. The molecule has 49 heavy (non-hydrogen) atoms. The number of hydrogen-bond donors (Lipinski definition) is 4. The Morgan fingerprint density at radius 1 is 0.980 bits per heavy atom. The van der Waals surface area contributed by atoms with E-state index < -0.39 is 6.10 Å². The molecular weight excluding hydrogens is 663 g/mol. The van der Waals surface area contributed by atoms with Crippen molar-refractivity contribution in [1.82, 2.24) is 30.3 Å². The lowest BCUT2D eigenvalue weighted by atomic mass is 9.96. The first-order valence-electron chi connectivity index (χ1n) is 16.2. The number of amides is 1. The van der Waals surface area contributed by atoms with E-state index in [2.05, 4.69) is 20.9 Å². The second kappa shape index (κ2) is 15.1. The molecule has 4 heterocycles. The molecule has 2 atom stereocenters. The largest absolute Gasteiger partial charge is 0.481 e. The molecule has 0 saturated carbocycles. The number of carbonyl (C=O) groups excluding carboxylic acids is 1. The molecule has 1 saturated heterocycles. The van der Waals surface area contributed by atoms with Crippen LogP contribution in [0, 0.1) is 6.92 Å². The highest BCUT2D eigenvalue weighted by Gasteiger charge is 2.21. The topological polar surface area (TPSA) is 130 Å². The number of nitrogens with one attached hydrogen (secondary N) is 3. The van der Waals surface area contributed by atoms with Crippen LogP contribution in [0.25, 0.3) is 39.2 Å². The average Bonchev–Trinajstić information content (AvgIpc) is 3.50. The van der Waals surface area contributed by atoms with E-state index in [-0.39, 0.29) is 17.5 Å². The summed E-state index contributed by atoms with van der Waals surface area (Å²) in [6.45, 7) is 5.44. The van der Waals surface area contributed by atoms with Crippen LogP contribution in [0.1, 0.15) is 36.6 Å². The van der Waals surface area contributed by atoms with Gasteiger partial charge >= 0.3 is 0 Å². The summed E-state index contributed by atoms with van der Waals surface area (Å²) in [5.41, 5.74) is 6.94. The van der Waals surface area contributed by atoms with Gasteiger partial charge in [-0.05, 0) is 44.0 Å². The maximum Gasteiger partial charge on any atom is 0.262 e. The lowest BCUT2D eigenvalue weighted by molar-refractivity contribution is -0.119. The summed E-state index contributed by atoms with van der Waals surface area (Å²) in [7, 11) is 1.59. The summed E-state index contributed by atoms with van der Waals surface area (Å²) >= 11 is 14.2. The van der Waals surface area contributed by atoms with Crippen molar-refractivity contribution in [3.05, 3.63) is 104 Å². The van der Waals surface area contributed by atoms with Gasteiger partial charge in [0.2, 0.25) is 11.8 Å². The van der Waals surface area contributed by atoms with Gasteiger partial charge in [0.15, 0.2) is 0 Å². The molecule has 1 amide bonds. The predicted octanol–water partition coefficient (Wildman–Crippen LogP) is 5.55. The number of nitrogens with zero attached hydrogens (tertiary/aromatic N) is 3. The number of benzene rings is 2. The SMILES string of the molecule is COc1nc(-c2cccc(-c3cccc(-c4cc(C)n5c(=O)c(CNC[C@H](C)O)cnc5c4)c3Cl)c2Cl)ccc1CNC[C@@H]1CCC(=O)N1. The highest BCUT2D eigenvalue weighted by molar-refractivity contribution is 6.39. The highest BCUT2D eigenvalue weighted by atomic mass is 35.5. The smallest absolute Gasteiger partial charge is 0.262 e. The van der Waals surface area contributed by atoms with E-state index in [4.69, 9.17) is 32.9 Å². The maximum atomic E-state index is 13.3. The molecule has 0 unspecified atom stereocenters. The first-order chi connectivity index (χ1) is 23.6. The van der Waals surface area contributed by atoms with E-state index in [9.17, 15) is 14.7 Å². The molecule has 0 aliphatic carbocycles. The van der Waals surface area contributed by atoms with E-state index in [1.807, 2.05) is 67.6 Å². The number of aliphatic hydroxyl groups is 1. The number of methoxy groups -OCH3 is 1. The second-order valence-corrected chi connectivity index (χ2v) is 13.0. The number of rotatable bonds is 12. The molecule has 4 N–H and O–H groups in total. The van der Waals surface area contributed by atoms with Gasteiger partial charge in [0, 0.05) is 78.3 Å². The van der Waals surface area contributed by atoms with Crippen molar-refractivity contribution in [3.63, 3.8) is 0 Å². The number of halogens is 2. The van der Waals surface area contributed by atoms with Gasteiger partial charge in [-0.15, -0.1) is 0 Å². The minimum absolute atomic E-state index is 0.0926. The monoisotopic (exact) mass is 700 g/mol. The fourth-order valence-corrected chi connectivity index (χ4v) is 6.81. The molecule has 1 fully saturated rings. The number of ether oxygens (including phenoxy) is 1. The first-order valence-corrected chi connectivity index (χ1v) is 16.9. The fraction of sp³-hybridized carbons (Fsp3) is 0.297. The van der Waals surface area contributed by atoms with Gasteiger partial charge in [-0.25, -0.2) is 9.97 Å². The third kappa shape index (κ3) is 7.49. The number of aliphatic hydroxyl groups excluding tert-OH is 1. The van der Waals surface area contributed by atoms with Crippen LogP contribution in [0.4, 0.5) is 0 Å². The maximum absolute atomic E-state index is 13.3. The van der Waals surface area contributed by atoms with Crippen molar-refractivity contribution in [2.45, 2.75) is 51.9 Å². The van der Waals surface area contributed by atoms with Crippen LogP contribution in [0.3, 0.4) is 0 Å². The van der Waals surface area contributed by atoms with E-state index >= 15 is 0 Å². The molecule has 10 nitrogen and oxygen atoms in total. The Kier molecular flexibility index (Phi) is 10.6. The standard InChI is InChI=1S/C37H38Cl2N6O4/c1-21-14-24(15-32-42-19-25(37(48)45(21)32)18-40-16-22(2)46)27-6-4-7-28(34(27)38)29-8-5-9-30(35(29)39)31-12-10-23(36(44-31)49-3)17-41-20-26-11-13-33(47)43-26/h4-10,12,14-15,19,22,26,40-41,46H,11,13,16-18,20H2,1-3H3,(H,43,47)/t22-,26-/m0/s1. The summed E-state index contributed by atoms with van der Waals surface area (Å²) < 4.78 is 7.22. The van der Waals surface area contributed by atoms with Crippen LogP contribution < -0.4 is 26.2 Å². The third-order valence-corrected chi connectivity index (χ3v) is 9.43. The van der Waals surface area contributed by atoms with Gasteiger partial charge in [-0.3, -0.25) is 14.0 Å². The number of fused-ring (bicyclic) bond motifs is 1. The first kappa shape index (κ1) is 34.5. The molecule has 0 bridgehead atoms. The molecule has 0 spiro atoms. The fourth-order valence-electron chi connectivity index (χ4n) is 6.15. The average molecular weight is 702 g/mol. The van der Waals surface area contributed by atoms with Crippen molar-refractivity contribution in [2.75, 3.05) is 20.2 Å². The van der Waals surface area contributed by atoms with Gasteiger partial charge < -0.3 is 25.8 Å². The van der Waals surface area contributed by atoms with Gasteiger partial charge in [0.1, 0.15) is 5.65 Å². The van der Waals surface area contributed by atoms with Crippen LogP contribution >= 0.6 is 23.2 Å². The molecule has 254 valence electrons. The van der Waals surface area contributed by atoms with Crippen LogP contribution in [0.15, 0.2) is 71.7 Å². The normalized spacial score (nSPS) is 15.1.